The van der Waals surface area contributed by atoms with Crippen molar-refractivity contribution < 1.29 is 4.79 Å². The largest absolute Gasteiger partial charge is 0.357 e. The highest BCUT2D eigenvalue weighted by atomic mass is 35.5. The van der Waals surface area contributed by atoms with Crippen molar-refractivity contribution in [3.05, 3.63) is 0 Å². The lowest BCUT2D eigenvalue weighted by Gasteiger charge is -1.93. The summed E-state index contributed by atoms with van der Waals surface area (Å²) >= 11 is 10.4. The monoisotopic (exact) mass is 210 g/mol. The number of carbonyl (C=O) groups excluding carboxylic acids is 1. The van der Waals surface area contributed by atoms with E-state index in [1.165, 1.54) is 0 Å². The second-order valence-corrected chi connectivity index (χ2v) is 3.02. The zero-order valence-electron chi connectivity index (χ0n) is 6.80. The first kappa shape index (κ1) is 11.8. The predicted molar refractivity (Wildman–Crippen MR) is 50.2 cm³/mol. The van der Waals surface area contributed by atoms with Gasteiger partial charge in [0, 0.05) is 5.88 Å². The number of nitrogens with zero attached hydrogens (tertiary/aromatic N) is 2. The number of hydrogen-bond acceptors (Lipinski definition) is 2. The molecule has 0 radical (unpaired) electrons. The zero-order valence-corrected chi connectivity index (χ0v) is 8.31. The van der Waals surface area contributed by atoms with Crippen LogP contribution in [0.2, 0.25) is 0 Å². The van der Waals surface area contributed by atoms with Crippen molar-refractivity contribution in [2.24, 2.45) is 10.2 Å². The number of carbonyl (C=O) groups is 1. The molecule has 0 aromatic heterocycles. The predicted octanol–water partition coefficient (Wildman–Crippen LogP) is 3.60. The Bertz CT molecular complexity index is 150. The summed E-state index contributed by atoms with van der Waals surface area (Å²) in [6, 6.07) is 0. The normalized spacial score (nSPS) is 10.8. The van der Waals surface area contributed by atoms with Crippen LogP contribution in [-0.2, 0) is 0 Å². The lowest BCUT2D eigenvalue weighted by atomic mass is 10.2. The Balaban J connectivity index is 3.05. The van der Waals surface area contributed by atoms with E-state index in [-0.39, 0.29) is 0 Å². The fourth-order valence-electron chi connectivity index (χ4n) is 0.736. The molecule has 70 valence electrons. The Hall–Kier alpha value is -0.150. The van der Waals surface area contributed by atoms with Crippen LogP contribution in [0, 0.1) is 0 Å². The number of rotatable bonds is 6. The molecule has 0 aliphatic heterocycles. The Morgan fingerprint density at radius 3 is 2.42 bits per heavy atom. The van der Waals surface area contributed by atoms with Crippen LogP contribution >= 0.6 is 23.2 Å². The smallest absolute Gasteiger partial charge is 0.251 e. The summed E-state index contributed by atoms with van der Waals surface area (Å²) in [5.74, 6) is 0.710. The second kappa shape index (κ2) is 8.94. The molecule has 3 nitrogen and oxygen atoms in total. The average Bonchev–Trinajstić information content (AvgIpc) is 2.02. The van der Waals surface area contributed by atoms with E-state index in [4.69, 9.17) is 23.2 Å². The molecule has 0 aliphatic rings. The molecular weight excluding hydrogens is 199 g/mol. The Kier molecular flexibility index (Phi) is 8.83. The quantitative estimate of drug-likeness (QED) is 0.217. The zero-order chi connectivity index (χ0) is 9.23. The van der Waals surface area contributed by atoms with Gasteiger partial charge in [-0.3, -0.25) is 4.79 Å². The maximum absolute atomic E-state index is 10.1. The molecule has 0 rings (SSSR count). The maximum atomic E-state index is 10.1. The van der Waals surface area contributed by atoms with Gasteiger partial charge in [-0.1, -0.05) is 12.8 Å². The Morgan fingerprint density at radius 2 is 1.83 bits per heavy atom. The lowest BCUT2D eigenvalue weighted by molar-refractivity contribution is 0.265. The van der Waals surface area contributed by atoms with E-state index in [1.54, 1.807) is 0 Å². The molecule has 0 unspecified atom stereocenters. The highest BCUT2D eigenvalue weighted by Crippen LogP contribution is 2.01. The van der Waals surface area contributed by atoms with Crippen molar-refractivity contribution in [1.29, 1.82) is 0 Å². The highest BCUT2D eigenvalue weighted by molar-refractivity contribution is 6.63. The summed E-state index contributed by atoms with van der Waals surface area (Å²) in [4.78, 5) is 10.1. The van der Waals surface area contributed by atoms with Gasteiger partial charge in [0.1, 0.15) is 0 Å². The Morgan fingerprint density at radius 1 is 1.17 bits per heavy atom. The highest BCUT2D eigenvalue weighted by Gasteiger charge is 1.89. The van der Waals surface area contributed by atoms with Gasteiger partial charge in [0.2, 0.25) is 0 Å². The van der Waals surface area contributed by atoms with Crippen LogP contribution in [0.3, 0.4) is 0 Å². The van der Waals surface area contributed by atoms with Crippen molar-refractivity contribution in [3.63, 3.8) is 0 Å². The first-order chi connectivity index (χ1) is 5.77. The van der Waals surface area contributed by atoms with Gasteiger partial charge in [-0.25, -0.2) is 0 Å². The standard InChI is InChI=1S/C7H12Cl2N2O/c8-5-3-1-2-4-6-10-11-7(9)12/h1-6H2. The van der Waals surface area contributed by atoms with Gasteiger partial charge in [0.25, 0.3) is 0 Å². The molecule has 0 aliphatic carbocycles. The van der Waals surface area contributed by atoms with Crippen LogP contribution in [0.5, 0.6) is 0 Å². The molecule has 0 atom stereocenters. The van der Waals surface area contributed by atoms with E-state index in [1.807, 2.05) is 0 Å². The summed E-state index contributed by atoms with van der Waals surface area (Å²) in [6.45, 7) is 0.570. The minimum Gasteiger partial charge on any atom is -0.251 e. The third kappa shape index (κ3) is 9.85. The molecule has 0 bridgehead atoms. The fraction of sp³-hybridized carbons (Fsp3) is 0.857. The van der Waals surface area contributed by atoms with Crippen molar-refractivity contribution in [3.8, 4) is 0 Å². The second-order valence-electron chi connectivity index (χ2n) is 2.32. The van der Waals surface area contributed by atoms with Gasteiger partial charge < -0.3 is 0 Å². The summed E-state index contributed by atoms with van der Waals surface area (Å²) in [5, 5.41) is 5.99. The topological polar surface area (TPSA) is 41.8 Å². The number of amides is 1. The van der Waals surface area contributed by atoms with Gasteiger partial charge in [0.05, 0.1) is 6.54 Å². The number of hydrogen-bond donors (Lipinski definition) is 0. The molecule has 0 heterocycles. The molecule has 0 saturated carbocycles. The van der Waals surface area contributed by atoms with Crippen LogP contribution in [0.15, 0.2) is 10.2 Å². The Labute approximate surface area is 82.1 Å². The van der Waals surface area contributed by atoms with Gasteiger partial charge >= 0.3 is 5.37 Å². The number of azo groups is 1. The van der Waals surface area contributed by atoms with E-state index in [0.29, 0.717) is 12.4 Å². The van der Waals surface area contributed by atoms with E-state index in [9.17, 15) is 4.79 Å². The summed E-state index contributed by atoms with van der Waals surface area (Å²) < 4.78 is 0. The van der Waals surface area contributed by atoms with Gasteiger partial charge in [-0.05, 0) is 24.4 Å². The first-order valence-electron chi connectivity index (χ1n) is 3.90. The SMILES string of the molecule is O=C(Cl)N=NCCCCCCCl. The first-order valence-corrected chi connectivity index (χ1v) is 4.81. The van der Waals surface area contributed by atoms with E-state index in [2.05, 4.69) is 10.2 Å². The van der Waals surface area contributed by atoms with E-state index in [0.717, 1.165) is 25.7 Å². The van der Waals surface area contributed by atoms with Crippen LogP contribution in [0.4, 0.5) is 4.79 Å². The molecule has 1 amide bonds. The van der Waals surface area contributed by atoms with Gasteiger partial charge in [0.15, 0.2) is 0 Å². The minimum absolute atomic E-state index is 0.570. The van der Waals surface area contributed by atoms with Gasteiger partial charge in [-0.15, -0.1) is 16.7 Å². The van der Waals surface area contributed by atoms with E-state index >= 15 is 0 Å². The minimum atomic E-state index is -0.754. The number of alkyl halides is 1. The molecular formula is C7H12Cl2N2O. The lowest BCUT2D eigenvalue weighted by Crippen LogP contribution is -1.83. The molecule has 12 heavy (non-hydrogen) atoms. The van der Waals surface area contributed by atoms with Crippen molar-refractivity contribution in [2.75, 3.05) is 12.4 Å². The van der Waals surface area contributed by atoms with Crippen molar-refractivity contribution in [1.82, 2.24) is 0 Å². The maximum Gasteiger partial charge on any atom is 0.357 e. The van der Waals surface area contributed by atoms with Crippen LogP contribution in [0.1, 0.15) is 25.7 Å². The molecule has 0 aromatic rings. The number of unbranched alkanes of at least 4 members (excludes halogenated alkanes) is 3. The van der Waals surface area contributed by atoms with Gasteiger partial charge in [-0.2, -0.15) is 5.11 Å². The molecule has 0 N–H and O–H groups in total. The summed E-state index contributed by atoms with van der Waals surface area (Å²) in [6.07, 6.45) is 4.15. The van der Waals surface area contributed by atoms with Crippen LogP contribution in [-0.4, -0.2) is 17.8 Å². The van der Waals surface area contributed by atoms with Crippen LogP contribution in [0.25, 0.3) is 0 Å². The average molecular weight is 211 g/mol. The molecule has 5 heteroatoms. The van der Waals surface area contributed by atoms with E-state index < -0.39 is 5.37 Å². The third-order valence-corrected chi connectivity index (χ3v) is 1.63. The molecule has 0 aromatic carbocycles. The third-order valence-electron chi connectivity index (χ3n) is 1.29. The molecule has 0 fully saturated rings. The van der Waals surface area contributed by atoms with Crippen LogP contribution < -0.4 is 0 Å². The fourth-order valence-corrected chi connectivity index (χ4v) is 0.979. The molecule has 0 spiro atoms. The summed E-state index contributed by atoms with van der Waals surface area (Å²) in [7, 11) is 0. The van der Waals surface area contributed by atoms with Crippen molar-refractivity contribution in [2.45, 2.75) is 25.7 Å². The molecule has 0 saturated heterocycles. The van der Waals surface area contributed by atoms with Crippen molar-refractivity contribution >= 4 is 28.6 Å². The number of halogens is 2. The summed E-state index contributed by atoms with van der Waals surface area (Å²) in [5.41, 5.74) is 0.